The van der Waals surface area contributed by atoms with E-state index in [1.165, 1.54) is 12.0 Å². The molecule has 0 radical (unpaired) electrons. The molecule has 0 fully saturated rings. The van der Waals surface area contributed by atoms with Crippen LogP contribution in [0.2, 0.25) is 0 Å². The van der Waals surface area contributed by atoms with Crippen molar-refractivity contribution in [2.24, 2.45) is 0 Å². The first kappa shape index (κ1) is 16.0. The lowest BCUT2D eigenvalue weighted by atomic mass is 10.2. The minimum atomic E-state index is 0.165. The van der Waals surface area contributed by atoms with Gasteiger partial charge in [-0.15, -0.1) is 11.3 Å². The Kier molecular flexibility index (Phi) is 4.23. The molecular weight excluding hydrogens is 324 g/mol. The van der Waals surface area contributed by atoms with Crippen LogP contribution in [-0.2, 0) is 6.61 Å². The molecule has 2 aromatic heterocycles. The highest BCUT2D eigenvalue weighted by Crippen LogP contribution is 2.32. The van der Waals surface area contributed by atoms with Gasteiger partial charge in [0, 0.05) is 10.9 Å². The molecule has 0 saturated carbocycles. The van der Waals surface area contributed by atoms with E-state index in [-0.39, 0.29) is 6.61 Å². The number of thiophene rings is 1. The molecule has 7 heteroatoms. The van der Waals surface area contributed by atoms with Crippen LogP contribution < -0.4 is 15.2 Å². The van der Waals surface area contributed by atoms with E-state index in [0.717, 1.165) is 15.8 Å². The van der Waals surface area contributed by atoms with Gasteiger partial charge in [0.25, 0.3) is 0 Å². The van der Waals surface area contributed by atoms with Gasteiger partial charge in [0.1, 0.15) is 17.3 Å². The first-order valence-corrected chi connectivity index (χ1v) is 8.08. The quantitative estimate of drug-likeness (QED) is 0.783. The van der Waals surface area contributed by atoms with Gasteiger partial charge in [0.05, 0.1) is 24.1 Å². The van der Waals surface area contributed by atoms with Crippen molar-refractivity contribution in [1.29, 1.82) is 5.26 Å². The number of hydrogen-bond acceptors (Lipinski definition) is 7. The Balaban J connectivity index is 1.87. The van der Waals surface area contributed by atoms with E-state index in [4.69, 9.17) is 20.5 Å². The lowest BCUT2D eigenvalue weighted by Crippen LogP contribution is -2.05. The monoisotopic (exact) mass is 340 g/mol. The summed E-state index contributed by atoms with van der Waals surface area (Å²) in [7, 11) is 1.53. The van der Waals surface area contributed by atoms with Crippen LogP contribution in [0.15, 0.2) is 18.2 Å². The van der Waals surface area contributed by atoms with Crippen molar-refractivity contribution in [2.75, 3.05) is 12.8 Å². The van der Waals surface area contributed by atoms with Gasteiger partial charge in [0.2, 0.25) is 0 Å². The normalized spacial score (nSPS) is 10.6. The molecule has 0 aliphatic heterocycles. The van der Waals surface area contributed by atoms with E-state index in [0.29, 0.717) is 28.7 Å². The number of anilines is 1. The first-order chi connectivity index (χ1) is 11.5. The molecule has 122 valence electrons. The molecule has 2 N–H and O–H groups in total. The van der Waals surface area contributed by atoms with Gasteiger partial charge >= 0.3 is 0 Å². The van der Waals surface area contributed by atoms with E-state index in [1.807, 2.05) is 13.8 Å². The number of rotatable bonds is 4. The van der Waals surface area contributed by atoms with Gasteiger partial charge in [0.15, 0.2) is 17.3 Å². The fourth-order valence-corrected chi connectivity index (χ4v) is 3.45. The highest BCUT2D eigenvalue weighted by atomic mass is 32.1. The van der Waals surface area contributed by atoms with Gasteiger partial charge in [-0.25, -0.2) is 9.97 Å². The van der Waals surface area contributed by atoms with Crippen LogP contribution in [0.4, 0.5) is 5.82 Å². The molecule has 0 amide bonds. The highest BCUT2D eigenvalue weighted by Gasteiger charge is 2.13. The van der Waals surface area contributed by atoms with Crippen LogP contribution in [-0.4, -0.2) is 17.1 Å². The minimum Gasteiger partial charge on any atom is -0.493 e. The van der Waals surface area contributed by atoms with Crippen LogP contribution in [0.1, 0.15) is 21.8 Å². The van der Waals surface area contributed by atoms with Crippen molar-refractivity contribution in [3.63, 3.8) is 0 Å². The zero-order valence-corrected chi connectivity index (χ0v) is 14.4. The van der Waals surface area contributed by atoms with Crippen molar-refractivity contribution in [2.45, 2.75) is 20.5 Å². The summed E-state index contributed by atoms with van der Waals surface area (Å²) in [5, 5.41) is 9.85. The average Bonchev–Trinajstić information content (AvgIpc) is 2.87. The molecule has 1 aromatic carbocycles. The zero-order valence-electron chi connectivity index (χ0n) is 13.6. The third-order valence-electron chi connectivity index (χ3n) is 3.75. The van der Waals surface area contributed by atoms with E-state index in [1.54, 1.807) is 29.5 Å². The summed E-state index contributed by atoms with van der Waals surface area (Å²) < 4.78 is 11.0. The van der Waals surface area contributed by atoms with E-state index < -0.39 is 0 Å². The van der Waals surface area contributed by atoms with Crippen molar-refractivity contribution in [3.8, 4) is 17.6 Å². The lowest BCUT2D eigenvalue weighted by Gasteiger charge is -2.10. The maximum Gasteiger partial charge on any atom is 0.169 e. The maximum atomic E-state index is 8.93. The van der Waals surface area contributed by atoms with Gasteiger partial charge < -0.3 is 15.2 Å². The second-order valence-electron chi connectivity index (χ2n) is 5.25. The Morgan fingerprint density at radius 3 is 2.75 bits per heavy atom. The van der Waals surface area contributed by atoms with E-state index >= 15 is 0 Å². The van der Waals surface area contributed by atoms with Gasteiger partial charge in [-0.2, -0.15) is 5.26 Å². The number of aryl methyl sites for hydroxylation is 2. The fraction of sp³-hybridized carbons (Fsp3) is 0.235. The van der Waals surface area contributed by atoms with E-state index in [9.17, 15) is 0 Å². The Labute approximate surface area is 143 Å². The van der Waals surface area contributed by atoms with Crippen LogP contribution >= 0.6 is 11.3 Å². The molecule has 0 aliphatic carbocycles. The van der Waals surface area contributed by atoms with Crippen molar-refractivity contribution >= 4 is 27.4 Å². The highest BCUT2D eigenvalue weighted by molar-refractivity contribution is 7.18. The molecule has 24 heavy (non-hydrogen) atoms. The molecule has 0 atom stereocenters. The Bertz CT molecular complexity index is 959. The number of hydrogen-bond donors (Lipinski definition) is 1. The molecule has 0 aliphatic rings. The zero-order chi connectivity index (χ0) is 17.3. The number of nitrogen functional groups attached to an aromatic ring is 1. The second kappa shape index (κ2) is 6.34. The molecule has 0 saturated heterocycles. The SMILES string of the molecule is COc1cc(C#N)ccc1OCc1nc(N)c2c(C)c(C)sc2n1. The molecule has 3 aromatic rings. The number of fused-ring (bicyclic) bond motifs is 1. The summed E-state index contributed by atoms with van der Waals surface area (Å²) in [6.45, 7) is 4.23. The fourth-order valence-electron chi connectivity index (χ4n) is 2.39. The number of aromatic nitrogens is 2. The molecule has 2 heterocycles. The Morgan fingerprint density at radius 2 is 2.04 bits per heavy atom. The first-order valence-electron chi connectivity index (χ1n) is 7.26. The minimum absolute atomic E-state index is 0.165. The molecule has 0 bridgehead atoms. The van der Waals surface area contributed by atoms with Crippen LogP contribution in [0.3, 0.4) is 0 Å². The van der Waals surface area contributed by atoms with Crippen LogP contribution in [0.25, 0.3) is 10.2 Å². The molecule has 6 nitrogen and oxygen atoms in total. The summed E-state index contributed by atoms with van der Waals surface area (Å²) in [4.78, 5) is 10.9. The Hall–Kier alpha value is -2.85. The van der Waals surface area contributed by atoms with Gasteiger partial charge in [-0.1, -0.05) is 0 Å². The topological polar surface area (TPSA) is 94.0 Å². The van der Waals surface area contributed by atoms with Crippen LogP contribution in [0.5, 0.6) is 11.5 Å². The van der Waals surface area contributed by atoms with Crippen LogP contribution in [0, 0.1) is 25.2 Å². The number of nitriles is 1. The van der Waals surface area contributed by atoms with E-state index in [2.05, 4.69) is 16.0 Å². The molecular formula is C17H16N4O2S. The van der Waals surface area contributed by atoms with Crippen molar-refractivity contribution in [3.05, 3.63) is 40.0 Å². The second-order valence-corrected chi connectivity index (χ2v) is 6.46. The standard InChI is InChI=1S/C17H16N4O2S/c1-9-10(2)24-17-15(9)16(19)20-14(21-17)8-23-12-5-4-11(7-18)6-13(12)22-3/h4-6H,8H2,1-3H3,(H2,19,20,21). The average molecular weight is 340 g/mol. The third-order valence-corrected chi connectivity index (χ3v) is 4.85. The summed E-state index contributed by atoms with van der Waals surface area (Å²) in [6.07, 6.45) is 0. The molecule has 0 spiro atoms. The van der Waals surface area contributed by atoms with Gasteiger partial charge in [-0.3, -0.25) is 0 Å². The predicted octanol–water partition coefficient (Wildman–Crippen LogP) is 3.35. The Morgan fingerprint density at radius 1 is 1.25 bits per heavy atom. The number of nitrogens with zero attached hydrogens (tertiary/aromatic N) is 3. The third kappa shape index (κ3) is 2.84. The predicted molar refractivity (Wildman–Crippen MR) is 93.3 cm³/mol. The molecule has 3 rings (SSSR count). The van der Waals surface area contributed by atoms with Crippen molar-refractivity contribution in [1.82, 2.24) is 9.97 Å². The number of benzene rings is 1. The maximum absolute atomic E-state index is 8.93. The number of nitrogens with two attached hydrogens (primary N) is 1. The van der Waals surface area contributed by atoms with Crippen molar-refractivity contribution < 1.29 is 9.47 Å². The lowest BCUT2D eigenvalue weighted by molar-refractivity contribution is 0.277. The summed E-state index contributed by atoms with van der Waals surface area (Å²) in [6, 6.07) is 7.05. The summed E-state index contributed by atoms with van der Waals surface area (Å²) >= 11 is 1.59. The smallest absolute Gasteiger partial charge is 0.169 e. The summed E-state index contributed by atoms with van der Waals surface area (Å²) in [5.74, 6) is 1.99. The summed E-state index contributed by atoms with van der Waals surface area (Å²) in [5.41, 5.74) is 7.70. The largest absolute Gasteiger partial charge is 0.493 e. The van der Waals surface area contributed by atoms with Gasteiger partial charge in [-0.05, 0) is 31.5 Å². The number of ether oxygens (including phenoxy) is 2. The molecule has 0 unspecified atom stereocenters. The number of methoxy groups -OCH3 is 1.